The maximum Gasteiger partial charge on any atom is 0.228 e. The third kappa shape index (κ3) is 2.35. The van der Waals surface area contributed by atoms with Crippen molar-refractivity contribution >= 4 is 11.6 Å². The van der Waals surface area contributed by atoms with Crippen LogP contribution in [0.3, 0.4) is 0 Å². The normalized spacial score (nSPS) is 14.5. The number of carbonyl (C=O) groups is 1. The van der Waals surface area contributed by atoms with Gasteiger partial charge in [0.15, 0.2) is 0 Å². The van der Waals surface area contributed by atoms with E-state index in [0.29, 0.717) is 12.2 Å². The molecule has 2 aromatic carbocycles. The summed E-state index contributed by atoms with van der Waals surface area (Å²) in [5, 5.41) is 13.6. The molecule has 0 spiro atoms. The molecule has 4 heteroatoms. The van der Waals surface area contributed by atoms with Crippen LogP contribution < -0.4 is 10.1 Å². The van der Waals surface area contributed by atoms with Gasteiger partial charge in [-0.3, -0.25) is 4.79 Å². The van der Waals surface area contributed by atoms with Crippen molar-refractivity contribution in [3.05, 3.63) is 58.1 Å². The Hall–Kier alpha value is -2.33. The van der Waals surface area contributed by atoms with Gasteiger partial charge in [-0.05, 0) is 59.9 Å². The quantitative estimate of drug-likeness (QED) is 0.916. The Kier molecular flexibility index (Phi) is 3.62. The van der Waals surface area contributed by atoms with Crippen LogP contribution in [-0.2, 0) is 11.2 Å². The summed E-state index contributed by atoms with van der Waals surface area (Å²) in [6, 6.07) is 9.34. The van der Waals surface area contributed by atoms with E-state index in [-0.39, 0.29) is 5.91 Å². The highest BCUT2D eigenvalue weighted by Gasteiger charge is 2.24. The number of benzene rings is 2. The Morgan fingerprint density at radius 1 is 1.23 bits per heavy atom. The van der Waals surface area contributed by atoms with E-state index in [2.05, 4.69) is 5.32 Å². The molecule has 0 saturated heterocycles. The molecule has 3 rings (SSSR count). The van der Waals surface area contributed by atoms with Crippen LogP contribution >= 0.6 is 0 Å². The van der Waals surface area contributed by atoms with E-state index in [4.69, 9.17) is 4.74 Å². The van der Waals surface area contributed by atoms with Crippen LogP contribution in [0, 0.1) is 13.8 Å². The van der Waals surface area contributed by atoms with Gasteiger partial charge in [-0.25, -0.2) is 0 Å². The van der Waals surface area contributed by atoms with Gasteiger partial charge in [-0.2, -0.15) is 0 Å². The number of nitrogens with one attached hydrogen (secondary N) is 1. The van der Waals surface area contributed by atoms with E-state index >= 15 is 0 Å². The molecule has 1 heterocycles. The molecule has 0 saturated carbocycles. The number of rotatable bonds is 3. The number of aliphatic hydroxyl groups is 1. The number of hydrogen-bond acceptors (Lipinski definition) is 3. The average molecular weight is 297 g/mol. The summed E-state index contributed by atoms with van der Waals surface area (Å²) in [7, 11) is 1.60. The average Bonchev–Trinajstić information content (AvgIpc) is 2.91. The molecule has 2 N–H and O–H groups in total. The first-order valence-electron chi connectivity index (χ1n) is 7.26. The van der Waals surface area contributed by atoms with Crippen LogP contribution in [0.15, 0.2) is 30.3 Å². The van der Waals surface area contributed by atoms with Crippen molar-refractivity contribution in [2.75, 3.05) is 12.4 Å². The zero-order valence-electron chi connectivity index (χ0n) is 12.9. The molecule has 0 bridgehead atoms. The van der Waals surface area contributed by atoms with Gasteiger partial charge in [0.05, 0.1) is 13.5 Å². The minimum atomic E-state index is -0.741. The number of anilines is 1. The Morgan fingerprint density at radius 3 is 2.73 bits per heavy atom. The monoisotopic (exact) mass is 297 g/mol. The Bertz CT molecular complexity index is 752. The predicted molar refractivity (Wildman–Crippen MR) is 85.3 cm³/mol. The highest BCUT2D eigenvalue weighted by atomic mass is 16.5. The van der Waals surface area contributed by atoms with Crippen LogP contribution in [0.5, 0.6) is 5.75 Å². The lowest BCUT2D eigenvalue weighted by Crippen LogP contribution is -2.06. The zero-order chi connectivity index (χ0) is 15.9. The third-order valence-corrected chi connectivity index (χ3v) is 4.34. The van der Waals surface area contributed by atoms with Crippen LogP contribution in [0.2, 0.25) is 0 Å². The molecule has 0 aliphatic carbocycles. The fraction of sp³-hybridized carbons (Fsp3) is 0.278. The summed E-state index contributed by atoms with van der Waals surface area (Å²) in [6.45, 7) is 3.94. The molecule has 22 heavy (non-hydrogen) atoms. The van der Waals surface area contributed by atoms with Gasteiger partial charge in [-0.1, -0.05) is 12.1 Å². The van der Waals surface area contributed by atoms with E-state index in [1.54, 1.807) is 7.11 Å². The molecule has 1 unspecified atom stereocenters. The molecule has 2 aromatic rings. The number of aliphatic hydroxyl groups excluding tert-OH is 1. The first-order valence-corrected chi connectivity index (χ1v) is 7.26. The van der Waals surface area contributed by atoms with Crippen LogP contribution in [0.25, 0.3) is 0 Å². The van der Waals surface area contributed by atoms with Gasteiger partial charge >= 0.3 is 0 Å². The maximum atomic E-state index is 11.6. The first kappa shape index (κ1) is 14.6. The topological polar surface area (TPSA) is 58.6 Å². The van der Waals surface area contributed by atoms with Crippen LogP contribution in [0.4, 0.5) is 5.69 Å². The molecule has 1 amide bonds. The molecule has 0 aromatic heterocycles. The molecule has 114 valence electrons. The molecule has 1 aliphatic rings. The SMILES string of the molecule is COc1cccc(C(O)c2cc3c(c(C)c2C)NC(=O)C3)c1. The fourth-order valence-corrected chi connectivity index (χ4v) is 2.96. The van der Waals surface area contributed by atoms with Crippen molar-refractivity contribution in [1.82, 2.24) is 0 Å². The van der Waals surface area contributed by atoms with E-state index in [9.17, 15) is 9.90 Å². The molecule has 0 fully saturated rings. The van der Waals surface area contributed by atoms with Gasteiger partial charge in [0, 0.05) is 5.69 Å². The van der Waals surface area contributed by atoms with Gasteiger partial charge < -0.3 is 15.2 Å². The number of ether oxygens (including phenoxy) is 1. The number of amides is 1. The van der Waals surface area contributed by atoms with Gasteiger partial charge in [0.2, 0.25) is 5.91 Å². The van der Waals surface area contributed by atoms with Crippen molar-refractivity contribution in [1.29, 1.82) is 0 Å². The Morgan fingerprint density at radius 2 is 2.00 bits per heavy atom. The number of carbonyl (C=O) groups excluding carboxylic acids is 1. The Balaban J connectivity index is 2.06. The van der Waals surface area contributed by atoms with E-state index in [0.717, 1.165) is 33.5 Å². The largest absolute Gasteiger partial charge is 0.497 e. The molecule has 1 aliphatic heterocycles. The standard InChI is InChI=1S/C18H19NO3/c1-10-11(2)17-13(9-16(20)19-17)8-15(10)18(21)12-5-4-6-14(7-12)22-3/h4-8,18,21H,9H2,1-3H3,(H,19,20). The minimum Gasteiger partial charge on any atom is -0.497 e. The fourth-order valence-electron chi connectivity index (χ4n) is 2.96. The molecular formula is C18H19NO3. The number of fused-ring (bicyclic) bond motifs is 1. The first-order chi connectivity index (χ1) is 10.5. The smallest absolute Gasteiger partial charge is 0.228 e. The zero-order valence-corrected chi connectivity index (χ0v) is 12.9. The second kappa shape index (κ2) is 5.46. The lowest BCUT2D eigenvalue weighted by molar-refractivity contribution is -0.115. The molecule has 0 radical (unpaired) electrons. The third-order valence-electron chi connectivity index (χ3n) is 4.34. The highest BCUT2D eigenvalue weighted by molar-refractivity contribution is 6.00. The molecule has 1 atom stereocenters. The summed E-state index contributed by atoms with van der Waals surface area (Å²) in [6.07, 6.45) is -0.372. The van der Waals surface area contributed by atoms with Crippen LogP contribution in [0.1, 0.15) is 33.9 Å². The number of methoxy groups -OCH3 is 1. The summed E-state index contributed by atoms with van der Waals surface area (Å²) in [5.41, 5.74) is 5.46. The van der Waals surface area contributed by atoms with Crippen molar-refractivity contribution in [3.63, 3.8) is 0 Å². The van der Waals surface area contributed by atoms with Crippen molar-refractivity contribution < 1.29 is 14.6 Å². The highest BCUT2D eigenvalue weighted by Crippen LogP contribution is 2.36. The summed E-state index contributed by atoms with van der Waals surface area (Å²) >= 11 is 0. The lowest BCUT2D eigenvalue weighted by atomic mass is 9.91. The molecule has 4 nitrogen and oxygen atoms in total. The lowest BCUT2D eigenvalue weighted by Gasteiger charge is -2.19. The van der Waals surface area contributed by atoms with Gasteiger partial charge in [-0.15, -0.1) is 0 Å². The molecular weight excluding hydrogens is 278 g/mol. The minimum absolute atomic E-state index is 0.00511. The van der Waals surface area contributed by atoms with Gasteiger partial charge in [0.25, 0.3) is 0 Å². The van der Waals surface area contributed by atoms with Crippen molar-refractivity contribution in [2.24, 2.45) is 0 Å². The summed E-state index contributed by atoms with van der Waals surface area (Å²) < 4.78 is 5.22. The van der Waals surface area contributed by atoms with Crippen LogP contribution in [-0.4, -0.2) is 18.1 Å². The van der Waals surface area contributed by atoms with E-state index in [1.807, 2.05) is 44.2 Å². The summed E-state index contributed by atoms with van der Waals surface area (Å²) in [5.74, 6) is 0.717. The van der Waals surface area contributed by atoms with E-state index < -0.39 is 6.10 Å². The van der Waals surface area contributed by atoms with Crippen molar-refractivity contribution in [2.45, 2.75) is 26.4 Å². The summed E-state index contributed by atoms with van der Waals surface area (Å²) in [4.78, 5) is 11.6. The van der Waals surface area contributed by atoms with E-state index in [1.165, 1.54) is 0 Å². The second-order valence-electron chi connectivity index (χ2n) is 5.65. The number of hydrogen-bond donors (Lipinski definition) is 2. The van der Waals surface area contributed by atoms with Crippen molar-refractivity contribution in [3.8, 4) is 5.75 Å². The maximum absolute atomic E-state index is 11.6. The van der Waals surface area contributed by atoms with Gasteiger partial charge in [0.1, 0.15) is 11.9 Å². The Labute approximate surface area is 129 Å². The second-order valence-corrected chi connectivity index (χ2v) is 5.65. The predicted octanol–water partition coefficient (Wildman–Crippen LogP) is 2.89.